The number of hydrogen-bond donors (Lipinski definition) is 2. The highest BCUT2D eigenvalue weighted by Gasteiger charge is 2.23. The zero-order chi connectivity index (χ0) is 60.5. The van der Waals surface area contributed by atoms with Crippen LogP contribution >= 0.6 is 7.82 Å². The van der Waals surface area contributed by atoms with Crippen LogP contribution in [0.4, 0.5) is 0 Å². The number of allylic oxidation sites excluding steroid dienone is 15. The Kier molecular flexibility index (Phi) is 61.9. The fourth-order valence-corrected chi connectivity index (χ4v) is 10.8. The van der Waals surface area contributed by atoms with Crippen molar-refractivity contribution >= 4 is 13.7 Å². The second-order valence-corrected chi connectivity index (χ2v) is 26.3. The highest BCUT2D eigenvalue weighted by molar-refractivity contribution is 7.45. The van der Waals surface area contributed by atoms with Gasteiger partial charge in [0.1, 0.15) is 13.2 Å². The summed E-state index contributed by atoms with van der Waals surface area (Å²) in [7, 11) is 1.25. The molecule has 482 valence electrons. The Labute approximate surface area is 515 Å². The summed E-state index contributed by atoms with van der Waals surface area (Å²) >= 11 is 0. The van der Waals surface area contributed by atoms with Gasteiger partial charge in [-0.2, -0.15) is 0 Å². The minimum absolute atomic E-state index is 0.00759. The molecule has 0 aromatic carbocycles. The van der Waals surface area contributed by atoms with Gasteiger partial charge in [0.15, 0.2) is 0 Å². The molecule has 0 rings (SSSR count). The number of nitrogens with one attached hydrogen (secondary N) is 1. The van der Waals surface area contributed by atoms with Crippen molar-refractivity contribution in [3.63, 3.8) is 0 Å². The second-order valence-electron chi connectivity index (χ2n) is 24.8. The second kappa shape index (κ2) is 63.9. The maximum absolute atomic E-state index is 13.0. The standard InChI is InChI=1S/C74H135N2O6P/c1-6-8-10-12-14-16-18-20-22-24-26-28-30-31-32-33-34-35-36-37-38-39-40-41-42-43-44-45-46-48-50-52-54-56-58-60-62-64-66-68-74(78)75-72(71-82-83(79,80)81-70-69-76(3,4)5)73(77)67-65-63-61-59-57-55-53-51-49-47-29-27-25-23-21-19-17-15-13-11-9-7-2/h8,10,14,16,20,22,26,28,31-32,34-35,57,59,65,67,72-73,77H,6-7,9,11-13,15,17-19,21,23-25,27,29-30,33,36-56,58,60-64,66,68-71H2,1-5H3,(H-,75,78,79,80)/b10-8-,16-14-,22-20-,28-26-,32-31-,35-34-,59-57+,67-65+. The summed E-state index contributed by atoms with van der Waals surface area (Å²) in [5.74, 6) is -0.204. The molecule has 3 atom stereocenters. The Morgan fingerprint density at radius 3 is 1.12 bits per heavy atom. The van der Waals surface area contributed by atoms with Crippen LogP contribution in [0.5, 0.6) is 0 Å². The Morgan fingerprint density at radius 2 is 0.747 bits per heavy atom. The molecule has 2 N–H and O–H groups in total. The predicted octanol–water partition coefficient (Wildman–Crippen LogP) is 21.9. The topological polar surface area (TPSA) is 108 Å². The molecule has 0 bridgehead atoms. The average Bonchev–Trinajstić information content (AvgIpc) is 3.50. The number of hydrogen-bond acceptors (Lipinski definition) is 6. The first-order valence-corrected chi connectivity index (χ1v) is 36.6. The number of aliphatic hydroxyl groups excluding tert-OH is 1. The number of carbonyl (C=O) groups excluding carboxylic acids is 1. The first-order chi connectivity index (χ1) is 40.5. The quantitative estimate of drug-likeness (QED) is 0.0272. The van der Waals surface area contributed by atoms with E-state index in [1.165, 1.54) is 218 Å². The zero-order valence-corrected chi connectivity index (χ0v) is 56.0. The first-order valence-electron chi connectivity index (χ1n) is 35.1. The molecule has 0 fully saturated rings. The summed E-state index contributed by atoms with van der Waals surface area (Å²) in [6, 6.07) is -0.907. The third-order valence-corrected chi connectivity index (χ3v) is 16.5. The van der Waals surface area contributed by atoms with Gasteiger partial charge in [0.2, 0.25) is 5.91 Å². The average molecular weight is 1180 g/mol. The van der Waals surface area contributed by atoms with Crippen molar-refractivity contribution < 1.29 is 32.9 Å². The minimum Gasteiger partial charge on any atom is -0.756 e. The molecule has 3 unspecified atom stereocenters. The molecule has 0 aromatic rings. The van der Waals surface area contributed by atoms with Crippen LogP contribution in [0.25, 0.3) is 0 Å². The van der Waals surface area contributed by atoms with Gasteiger partial charge in [0, 0.05) is 6.42 Å². The van der Waals surface area contributed by atoms with E-state index in [9.17, 15) is 19.4 Å². The maximum Gasteiger partial charge on any atom is 0.268 e. The Hall–Kier alpha value is -2.58. The molecule has 0 saturated carbocycles. The van der Waals surface area contributed by atoms with Gasteiger partial charge in [-0.1, -0.05) is 323 Å². The number of unbranched alkanes of at least 4 members (excludes halogenated alkanes) is 37. The number of quaternary nitrogens is 1. The number of carbonyl (C=O) groups is 1. The van der Waals surface area contributed by atoms with Crippen LogP contribution in [0.2, 0.25) is 0 Å². The van der Waals surface area contributed by atoms with Crippen molar-refractivity contribution in [3.8, 4) is 0 Å². The molecule has 1 amide bonds. The Morgan fingerprint density at radius 1 is 0.434 bits per heavy atom. The van der Waals surface area contributed by atoms with Crippen LogP contribution in [0.3, 0.4) is 0 Å². The molecular weight excluding hydrogens is 1040 g/mol. The third-order valence-electron chi connectivity index (χ3n) is 15.5. The van der Waals surface area contributed by atoms with Crippen LogP contribution in [0.1, 0.15) is 316 Å². The number of phosphoric acid groups is 1. The molecule has 8 nitrogen and oxygen atoms in total. The van der Waals surface area contributed by atoms with Crippen LogP contribution in [0, 0.1) is 0 Å². The monoisotopic (exact) mass is 1180 g/mol. The van der Waals surface area contributed by atoms with Crippen LogP contribution < -0.4 is 10.2 Å². The lowest BCUT2D eigenvalue weighted by Crippen LogP contribution is -2.45. The molecule has 0 aliphatic rings. The number of aliphatic hydroxyl groups is 1. The predicted molar refractivity (Wildman–Crippen MR) is 362 cm³/mol. The Bertz CT molecular complexity index is 1670. The van der Waals surface area contributed by atoms with Crippen LogP contribution in [-0.2, 0) is 18.4 Å². The SMILES string of the molecule is CC/C=C\C/C=C\C/C=C\C/C=C\C/C=C\C/C=C\CCCCCCCCCCCCCCCCCCCCCCC(=O)NC(COP(=O)([O-])OCC[N+](C)(C)C)C(O)/C=C/CC/C=C/CCCCCCCCCCCCCCCCCC. The molecule has 0 saturated heterocycles. The number of likely N-dealkylation sites (N-methyl/N-ethyl adjacent to an activating group) is 1. The summed E-state index contributed by atoms with van der Waals surface area (Å²) < 4.78 is 23.4. The smallest absolute Gasteiger partial charge is 0.268 e. The molecule has 0 spiro atoms. The lowest BCUT2D eigenvalue weighted by molar-refractivity contribution is -0.870. The zero-order valence-electron chi connectivity index (χ0n) is 55.1. The fraction of sp³-hybridized carbons (Fsp3) is 0.770. The summed E-state index contributed by atoms with van der Waals surface area (Å²) in [5.41, 5.74) is 0. The van der Waals surface area contributed by atoms with Crippen LogP contribution in [-0.4, -0.2) is 68.5 Å². The normalized spacial score (nSPS) is 14.3. The molecule has 0 radical (unpaired) electrons. The highest BCUT2D eigenvalue weighted by atomic mass is 31.2. The highest BCUT2D eigenvalue weighted by Crippen LogP contribution is 2.38. The fourth-order valence-electron chi connectivity index (χ4n) is 10.1. The summed E-state index contributed by atoms with van der Waals surface area (Å²) in [5, 5.41) is 13.9. The summed E-state index contributed by atoms with van der Waals surface area (Å²) in [4.78, 5) is 25.6. The molecular formula is C74H135N2O6P. The van der Waals surface area contributed by atoms with Crippen molar-refractivity contribution in [2.45, 2.75) is 328 Å². The van der Waals surface area contributed by atoms with E-state index in [0.717, 1.165) is 77.0 Å². The van der Waals surface area contributed by atoms with Crippen molar-refractivity contribution in [1.29, 1.82) is 0 Å². The number of amides is 1. The van der Waals surface area contributed by atoms with E-state index < -0.39 is 26.6 Å². The van der Waals surface area contributed by atoms with Crippen molar-refractivity contribution in [2.75, 3.05) is 40.9 Å². The van der Waals surface area contributed by atoms with Gasteiger partial charge in [-0.15, -0.1) is 0 Å². The van der Waals surface area contributed by atoms with Crippen molar-refractivity contribution in [2.24, 2.45) is 0 Å². The van der Waals surface area contributed by atoms with Crippen molar-refractivity contribution in [3.05, 3.63) is 97.2 Å². The number of phosphoric ester groups is 1. The molecule has 0 aliphatic carbocycles. The molecule has 0 aliphatic heterocycles. The summed E-state index contributed by atoms with van der Waals surface area (Å²) in [6.07, 6.45) is 92.5. The lowest BCUT2D eigenvalue weighted by atomic mass is 10.0. The van der Waals surface area contributed by atoms with Gasteiger partial charge in [0.05, 0.1) is 39.9 Å². The lowest BCUT2D eigenvalue weighted by Gasteiger charge is -2.29. The maximum atomic E-state index is 13.0. The minimum atomic E-state index is -4.61. The van der Waals surface area contributed by atoms with E-state index in [2.05, 4.69) is 104 Å². The van der Waals surface area contributed by atoms with Crippen molar-refractivity contribution in [1.82, 2.24) is 5.32 Å². The van der Waals surface area contributed by atoms with Gasteiger partial charge < -0.3 is 28.8 Å². The van der Waals surface area contributed by atoms with Gasteiger partial charge >= 0.3 is 0 Å². The summed E-state index contributed by atoms with van der Waals surface area (Å²) in [6.45, 7) is 4.54. The largest absolute Gasteiger partial charge is 0.756 e. The number of rotatable bonds is 64. The van der Waals surface area contributed by atoms with Gasteiger partial charge in [-0.25, -0.2) is 0 Å². The van der Waals surface area contributed by atoms with E-state index in [0.29, 0.717) is 17.4 Å². The van der Waals surface area contributed by atoms with E-state index >= 15 is 0 Å². The van der Waals surface area contributed by atoms with Gasteiger partial charge in [-0.05, 0) is 83.5 Å². The van der Waals surface area contributed by atoms with E-state index in [-0.39, 0.29) is 12.5 Å². The Balaban J connectivity index is 4.03. The molecule has 9 heteroatoms. The van der Waals surface area contributed by atoms with Gasteiger partial charge in [-0.3, -0.25) is 9.36 Å². The van der Waals surface area contributed by atoms with Crippen LogP contribution in [0.15, 0.2) is 97.2 Å². The molecule has 0 aromatic heterocycles. The molecule has 0 heterocycles. The molecule has 83 heavy (non-hydrogen) atoms. The van der Waals surface area contributed by atoms with E-state index in [1.807, 2.05) is 27.2 Å². The third kappa shape index (κ3) is 66.8. The number of nitrogens with zero attached hydrogens (tertiary/aromatic N) is 1. The van der Waals surface area contributed by atoms with E-state index in [1.54, 1.807) is 6.08 Å². The van der Waals surface area contributed by atoms with Gasteiger partial charge in [0.25, 0.3) is 7.82 Å². The van der Waals surface area contributed by atoms with E-state index in [4.69, 9.17) is 9.05 Å². The first kappa shape index (κ1) is 80.4.